The fourth-order valence-corrected chi connectivity index (χ4v) is 8.65. The average molecular weight is 776 g/mol. The number of nitrogens with one attached hydrogen (secondary N) is 3. The number of aryl methyl sites for hydroxylation is 2. The summed E-state index contributed by atoms with van der Waals surface area (Å²) in [5.74, 6) is -4.08. The Morgan fingerprint density at radius 2 is 1.64 bits per heavy atom. The summed E-state index contributed by atoms with van der Waals surface area (Å²) < 4.78 is 28.2. The van der Waals surface area contributed by atoms with Crippen LogP contribution in [0.4, 0.5) is 10.1 Å². The van der Waals surface area contributed by atoms with Crippen LogP contribution in [0.5, 0.6) is 5.75 Å². The summed E-state index contributed by atoms with van der Waals surface area (Å²) in [6.07, 6.45) is 6.18. The molecular formula is C41H47FN4O8S. The normalized spacial score (nSPS) is 19.9. The van der Waals surface area contributed by atoms with Crippen molar-refractivity contribution in [2.24, 2.45) is 5.89 Å². The number of nitrogens with zero attached hydrogens (tertiary/aromatic N) is 1. The molecule has 14 heteroatoms. The van der Waals surface area contributed by atoms with E-state index in [2.05, 4.69) is 28.1 Å². The van der Waals surface area contributed by atoms with E-state index in [1.165, 1.54) is 35.0 Å². The Kier molecular flexibility index (Phi) is 13.0. The van der Waals surface area contributed by atoms with Crippen LogP contribution in [0.25, 0.3) is 0 Å². The van der Waals surface area contributed by atoms with Crippen LogP contribution in [0.3, 0.4) is 0 Å². The standard InChI is InChI=1S/C41H47FN4O8S/c42-30-13-15-31(16-14-30)46-38(39(41(46)53)55-24-34(47)29-10-9-26-7-4-8-28(26)20-29)27-11-17-32(18-12-27)54-23-36(49)43-21-35(48)45-33(40(52)44-22-37(50)51)19-25-5-2-1-3-6-25/h9-18,20,25,33-34,38-39,47H,1-8,19,21-24H2,(H,43,49)(H,44,52)(H,45,48)(H,50,51)/t33-,34?,38+,39+/m0/s1/i25D. The highest BCUT2D eigenvalue weighted by Gasteiger charge is 2.49. The van der Waals surface area contributed by atoms with Crippen LogP contribution in [-0.4, -0.2) is 76.6 Å². The number of β-lactam (4-membered cyclic amide) rings is 1. The van der Waals surface area contributed by atoms with Gasteiger partial charge in [0.15, 0.2) is 6.61 Å². The number of carboxylic acid groups (broad SMARTS) is 1. The molecule has 1 unspecified atom stereocenters. The molecule has 0 spiro atoms. The van der Waals surface area contributed by atoms with Gasteiger partial charge in [0, 0.05) is 12.8 Å². The molecule has 55 heavy (non-hydrogen) atoms. The van der Waals surface area contributed by atoms with Crippen molar-refractivity contribution in [1.29, 1.82) is 0 Å². The van der Waals surface area contributed by atoms with E-state index in [1.807, 2.05) is 6.07 Å². The molecule has 2 fully saturated rings. The Hall–Kier alpha value is -4.95. The lowest BCUT2D eigenvalue weighted by atomic mass is 9.84. The molecule has 2 aliphatic carbocycles. The Morgan fingerprint density at radius 3 is 2.36 bits per heavy atom. The molecule has 0 radical (unpaired) electrons. The number of aliphatic hydroxyl groups is 1. The van der Waals surface area contributed by atoms with Crippen molar-refractivity contribution in [3.8, 4) is 5.75 Å². The lowest BCUT2D eigenvalue weighted by Gasteiger charge is -2.47. The zero-order chi connectivity index (χ0) is 39.8. The highest BCUT2D eigenvalue weighted by Crippen LogP contribution is 2.46. The van der Waals surface area contributed by atoms with Crippen molar-refractivity contribution in [2.75, 3.05) is 30.3 Å². The Bertz CT molecular complexity index is 1910. The first-order valence-corrected chi connectivity index (χ1v) is 19.7. The second-order valence-electron chi connectivity index (χ2n) is 14.2. The lowest BCUT2D eigenvalue weighted by molar-refractivity contribution is -0.138. The van der Waals surface area contributed by atoms with E-state index >= 15 is 0 Å². The maximum atomic E-state index is 13.8. The van der Waals surface area contributed by atoms with Gasteiger partial charge in [-0.05, 0) is 90.2 Å². The highest BCUT2D eigenvalue weighted by atomic mass is 32.2. The van der Waals surface area contributed by atoms with Gasteiger partial charge >= 0.3 is 5.97 Å². The zero-order valence-corrected chi connectivity index (χ0v) is 31.2. The molecule has 3 aromatic carbocycles. The van der Waals surface area contributed by atoms with E-state index in [9.17, 15) is 33.5 Å². The Labute approximate surface area is 325 Å². The molecule has 12 nitrogen and oxygen atoms in total. The van der Waals surface area contributed by atoms with E-state index in [-0.39, 0.29) is 12.3 Å². The summed E-state index contributed by atoms with van der Waals surface area (Å²) in [5.41, 5.74) is 4.71. The third kappa shape index (κ3) is 10.4. The molecule has 0 bridgehead atoms. The second-order valence-corrected chi connectivity index (χ2v) is 15.3. The van der Waals surface area contributed by atoms with Gasteiger partial charge in [-0.2, -0.15) is 0 Å². The minimum Gasteiger partial charge on any atom is -0.484 e. The number of rotatable bonds is 17. The number of halogens is 1. The van der Waals surface area contributed by atoms with E-state index in [1.54, 1.807) is 41.3 Å². The first-order valence-electron chi connectivity index (χ1n) is 19.2. The van der Waals surface area contributed by atoms with E-state index in [0.717, 1.165) is 49.7 Å². The number of hydrogen-bond donors (Lipinski definition) is 5. The molecular weight excluding hydrogens is 728 g/mol. The number of carbonyl (C=O) groups is 5. The average Bonchev–Trinajstić information content (AvgIpc) is 3.66. The van der Waals surface area contributed by atoms with Crippen molar-refractivity contribution in [1.82, 2.24) is 16.0 Å². The first kappa shape index (κ1) is 38.3. The molecule has 5 N–H and O–H groups in total. The quantitative estimate of drug-likeness (QED) is 0.125. The molecule has 1 saturated carbocycles. The Morgan fingerprint density at radius 1 is 0.909 bits per heavy atom. The molecule has 3 aromatic rings. The van der Waals surface area contributed by atoms with Crippen molar-refractivity contribution >= 4 is 47.0 Å². The number of carboxylic acids is 1. The Balaban J connectivity index is 1.03. The fourth-order valence-electron chi connectivity index (χ4n) is 7.35. The van der Waals surface area contributed by atoms with Gasteiger partial charge in [-0.15, -0.1) is 11.8 Å². The maximum Gasteiger partial charge on any atom is 0.322 e. The summed E-state index contributed by atoms with van der Waals surface area (Å²) in [6, 6.07) is 17.1. The van der Waals surface area contributed by atoms with Crippen LogP contribution in [-0.2, 0) is 36.8 Å². The number of thioether (sulfide) groups is 1. The topological polar surface area (TPSA) is 174 Å². The smallest absolute Gasteiger partial charge is 0.322 e. The SMILES string of the molecule is [2H]C1(C[C@H](NC(=O)CNC(=O)COc2ccc([C@@H]3[C@@H](SCC(O)c4ccc5c(c4)CCC5)C(=O)N3c3ccc(F)cc3)cc2)C(=O)NCC(=O)O)CCCCC1. The zero-order valence-electron chi connectivity index (χ0n) is 31.4. The van der Waals surface area contributed by atoms with E-state index < -0.39 is 78.5 Å². The summed E-state index contributed by atoms with van der Waals surface area (Å²) in [7, 11) is 0. The number of anilines is 1. The van der Waals surface area contributed by atoms with Crippen molar-refractivity contribution in [2.45, 2.75) is 81.2 Å². The van der Waals surface area contributed by atoms with Crippen LogP contribution >= 0.6 is 11.8 Å². The van der Waals surface area contributed by atoms with Gasteiger partial charge in [0.25, 0.3) is 5.91 Å². The highest BCUT2D eigenvalue weighted by molar-refractivity contribution is 8.00. The molecule has 0 aromatic heterocycles. The summed E-state index contributed by atoms with van der Waals surface area (Å²) in [5, 5.41) is 26.8. The minimum absolute atomic E-state index is 0.0183. The predicted octanol–water partition coefficient (Wildman–Crippen LogP) is 4.39. The third-order valence-electron chi connectivity index (χ3n) is 10.2. The van der Waals surface area contributed by atoms with Gasteiger partial charge in [-0.3, -0.25) is 24.0 Å². The molecule has 6 rings (SSSR count). The maximum absolute atomic E-state index is 13.8. The van der Waals surface area contributed by atoms with Gasteiger partial charge in [0.05, 0.1) is 18.7 Å². The number of fused-ring (bicyclic) bond motifs is 1. The molecule has 1 aliphatic heterocycles. The molecule has 292 valence electrons. The number of hydrogen-bond acceptors (Lipinski definition) is 8. The molecule has 3 aliphatic rings. The van der Waals surface area contributed by atoms with Gasteiger partial charge in [0.2, 0.25) is 17.7 Å². The third-order valence-corrected chi connectivity index (χ3v) is 11.6. The number of amides is 4. The van der Waals surface area contributed by atoms with E-state index in [0.29, 0.717) is 30.0 Å². The number of aliphatic hydroxyl groups excluding tert-OH is 1. The van der Waals surface area contributed by atoms with Crippen LogP contribution in [0.15, 0.2) is 66.7 Å². The summed E-state index contributed by atoms with van der Waals surface area (Å²) in [6.45, 7) is -1.52. The molecule has 4 atom stereocenters. The second kappa shape index (κ2) is 18.6. The van der Waals surface area contributed by atoms with Crippen molar-refractivity contribution < 1.29 is 44.7 Å². The summed E-state index contributed by atoms with van der Waals surface area (Å²) in [4.78, 5) is 64.2. The fraction of sp³-hybridized carbons (Fsp3) is 0.439. The van der Waals surface area contributed by atoms with Gasteiger partial charge in [-0.1, -0.05) is 62.4 Å². The monoisotopic (exact) mass is 775 g/mol. The van der Waals surface area contributed by atoms with Crippen LogP contribution in [0.1, 0.15) is 80.7 Å². The van der Waals surface area contributed by atoms with Gasteiger partial charge in [0.1, 0.15) is 29.4 Å². The van der Waals surface area contributed by atoms with Crippen molar-refractivity contribution in [3.05, 3.63) is 94.8 Å². The van der Waals surface area contributed by atoms with Gasteiger partial charge in [-0.25, -0.2) is 4.39 Å². The number of ether oxygens (including phenoxy) is 1. The van der Waals surface area contributed by atoms with Crippen molar-refractivity contribution in [3.63, 3.8) is 0 Å². The number of aliphatic carboxylic acids is 1. The first-order chi connectivity index (χ1) is 26.9. The van der Waals surface area contributed by atoms with Gasteiger partial charge < -0.3 is 35.8 Å². The summed E-state index contributed by atoms with van der Waals surface area (Å²) >= 11 is 1.37. The predicted molar refractivity (Wildman–Crippen MR) is 205 cm³/mol. The van der Waals surface area contributed by atoms with Crippen LogP contribution in [0, 0.1) is 11.7 Å². The lowest BCUT2D eigenvalue weighted by Crippen LogP contribution is -2.57. The minimum atomic E-state index is -1.24. The molecule has 1 heterocycles. The largest absolute Gasteiger partial charge is 0.484 e. The van der Waals surface area contributed by atoms with Crippen LogP contribution < -0.4 is 25.6 Å². The molecule has 4 amide bonds. The number of benzene rings is 3. The van der Waals surface area contributed by atoms with E-state index in [4.69, 9.17) is 11.2 Å². The molecule has 1 saturated heterocycles. The number of carbonyl (C=O) groups excluding carboxylic acids is 4. The van der Waals surface area contributed by atoms with Crippen LogP contribution in [0.2, 0.25) is 0 Å².